The summed E-state index contributed by atoms with van der Waals surface area (Å²) in [5.74, 6) is 0.525. The third-order valence-electron chi connectivity index (χ3n) is 2.43. The van der Waals surface area contributed by atoms with E-state index in [4.69, 9.17) is 9.05 Å². The van der Waals surface area contributed by atoms with Crippen LogP contribution in [0, 0.1) is 0 Å². The molecule has 0 saturated carbocycles. The normalized spacial score (nSPS) is 13.9. The first-order chi connectivity index (χ1) is 8.62. The summed E-state index contributed by atoms with van der Waals surface area (Å²) in [6, 6.07) is 9.01. The topological polar surface area (TPSA) is 35.5 Å². The lowest BCUT2D eigenvalue weighted by Gasteiger charge is -2.20. The summed E-state index contributed by atoms with van der Waals surface area (Å²) in [6.45, 7) is 8.04. The van der Waals surface area contributed by atoms with E-state index in [9.17, 15) is 4.57 Å². The zero-order chi connectivity index (χ0) is 13.4. The molecule has 0 fully saturated rings. The molecule has 0 aliphatic rings. The van der Waals surface area contributed by atoms with Gasteiger partial charge in [0, 0.05) is 6.42 Å². The van der Waals surface area contributed by atoms with Gasteiger partial charge >= 0.3 is 7.60 Å². The average molecular weight is 268 g/mol. The van der Waals surface area contributed by atoms with Gasteiger partial charge in [0.05, 0.1) is 17.7 Å². The van der Waals surface area contributed by atoms with Crippen molar-refractivity contribution in [3.63, 3.8) is 0 Å². The van der Waals surface area contributed by atoms with E-state index in [0.29, 0.717) is 24.1 Å². The molecule has 18 heavy (non-hydrogen) atoms. The Kier molecular flexibility index (Phi) is 6.17. The van der Waals surface area contributed by atoms with Gasteiger partial charge in [-0.15, -0.1) is 0 Å². The van der Waals surface area contributed by atoms with Crippen molar-refractivity contribution >= 4 is 12.9 Å². The number of unbranched alkanes of at least 4 members (excludes halogenated alkanes) is 1. The van der Waals surface area contributed by atoms with Crippen LogP contribution in [0.15, 0.2) is 42.7 Å². The number of rotatable bonds is 8. The minimum atomic E-state index is -3.27. The van der Waals surface area contributed by atoms with Crippen molar-refractivity contribution in [2.75, 3.05) is 6.61 Å². The van der Waals surface area contributed by atoms with Crippen molar-refractivity contribution in [1.29, 1.82) is 0 Å². The fourth-order valence-corrected chi connectivity index (χ4v) is 3.14. The molecule has 0 aliphatic carbocycles. The Bertz CT molecular complexity index is 414. The first-order valence-electron chi connectivity index (χ1n) is 6.30. The van der Waals surface area contributed by atoms with Crippen LogP contribution in [-0.4, -0.2) is 6.61 Å². The molecule has 0 bridgehead atoms. The summed E-state index contributed by atoms with van der Waals surface area (Å²) < 4.78 is 23.5. The monoisotopic (exact) mass is 268 g/mol. The minimum absolute atomic E-state index is 0.341. The molecule has 1 unspecified atom stereocenters. The van der Waals surface area contributed by atoms with E-state index >= 15 is 0 Å². The lowest BCUT2D eigenvalue weighted by Crippen LogP contribution is -2.09. The van der Waals surface area contributed by atoms with E-state index in [1.54, 1.807) is 19.1 Å². The van der Waals surface area contributed by atoms with Gasteiger partial charge in [0.1, 0.15) is 0 Å². The Morgan fingerprint density at radius 1 is 1.28 bits per heavy atom. The molecule has 100 valence electrons. The van der Waals surface area contributed by atoms with E-state index in [2.05, 4.69) is 13.5 Å². The second kappa shape index (κ2) is 7.40. The van der Waals surface area contributed by atoms with Crippen LogP contribution in [0.25, 0.3) is 0 Å². The summed E-state index contributed by atoms with van der Waals surface area (Å²) in [5.41, 5.74) is 0. The van der Waals surface area contributed by atoms with Crippen LogP contribution < -0.4 is 5.30 Å². The summed E-state index contributed by atoms with van der Waals surface area (Å²) in [7, 11) is -3.27. The maximum Gasteiger partial charge on any atom is 0.410 e. The molecule has 0 amide bonds. The maximum absolute atomic E-state index is 12.7. The molecule has 0 heterocycles. The molecule has 0 radical (unpaired) electrons. The SMILES string of the molecule is C=C(CCCC)OP(=O)(OCC)c1ccccc1. The molecule has 0 aliphatic heterocycles. The molecule has 1 rings (SSSR count). The molecule has 1 atom stereocenters. The Morgan fingerprint density at radius 2 is 1.94 bits per heavy atom. The molecular weight excluding hydrogens is 247 g/mol. The summed E-state index contributed by atoms with van der Waals surface area (Å²) in [5, 5.41) is 0.574. The molecule has 3 nitrogen and oxygen atoms in total. The molecule has 1 aromatic carbocycles. The average Bonchev–Trinajstić information content (AvgIpc) is 2.37. The Morgan fingerprint density at radius 3 is 2.50 bits per heavy atom. The van der Waals surface area contributed by atoms with Crippen molar-refractivity contribution in [2.24, 2.45) is 0 Å². The van der Waals surface area contributed by atoms with Gasteiger partial charge in [-0.05, 0) is 25.5 Å². The number of allylic oxidation sites excluding steroid dienone is 1. The second-order valence-corrected chi connectivity index (χ2v) is 5.94. The highest BCUT2D eigenvalue weighted by Crippen LogP contribution is 2.49. The first-order valence-corrected chi connectivity index (χ1v) is 7.84. The minimum Gasteiger partial charge on any atom is -0.426 e. The summed E-state index contributed by atoms with van der Waals surface area (Å²) >= 11 is 0. The van der Waals surface area contributed by atoms with Crippen molar-refractivity contribution in [2.45, 2.75) is 33.1 Å². The molecular formula is C14H21O3P. The molecule has 0 N–H and O–H groups in total. The molecule has 4 heteroatoms. The molecule has 1 aromatic rings. The first kappa shape index (κ1) is 15.0. The highest BCUT2D eigenvalue weighted by Gasteiger charge is 2.28. The van der Waals surface area contributed by atoms with E-state index in [1.807, 2.05) is 18.2 Å². The van der Waals surface area contributed by atoms with Gasteiger partial charge in [-0.3, -0.25) is 4.52 Å². The summed E-state index contributed by atoms with van der Waals surface area (Å²) in [6.07, 6.45) is 2.73. The quantitative estimate of drug-likeness (QED) is 0.522. The Balaban J connectivity index is 2.81. The number of hydrogen-bond donors (Lipinski definition) is 0. The van der Waals surface area contributed by atoms with Crippen molar-refractivity contribution in [1.82, 2.24) is 0 Å². The van der Waals surface area contributed by atoms with Gasteiger partial charge in [-0.25, -0.2) is 4.57 Å². The Labute approximate surface area is 109 Å². The van der Waals surface area contributed by atoms with Crippen LogP contribution in [-0.2, 0) is 13.6 Å². The van der Waals surface area contributed by atoms with Crippen LogP contribution in [0.3, 0.4) is 0 Å². The molecule has 0 spiro atoms. The predicted octanol–water partition coefficient (Wildman–Crippen LogP) is 4.26. The fourth-order valence-electron chi connectivity index (χ4n) is 1.52. The second-order valence-electron chi connectivity index (χ2n) is 3.98. The number of hydrogen-bond acceptors (Lipinski definition) is 3. The van der Waals surface area contributed by atoms with Gasteiger partial charge in [0.15, 0.2) is 0 Å². The third-order valence-corrected chi connectivity index (χ3v) is 4.46. The van der Waals surface area contributed by atoms with Gasteiger partial charge in [-0.1, -0.05) is 38.1 Å². The lowest BCUT2D eigenvalue weighted by molar-refractivity contribution is 0.255. The van der Waals surface area contributed by atoms with Crippen LogP contribution >= 0.6 is 7.60 Å². The van der Waals surface area contributed by atoms with Gasteiger partial charge < -0.3 is 4.52 Å². The maximum atomic E-state index is 12.7. The standard InChI is InChI=1S/C14H21O3P/c1-4-6-10-13(3)17-18(15,16-5-2)14-11-8-7-9-12-14/h7-9,11-12H,3-6,10H2,1-2H3. The zero-order valence-corrected chi connectivity index (χ0v) is 12.0. The summed E-state index contributed by atoms with van der Waals surface area (Å²) in [4.78, 5) is 0. The van der Waals surface area contributed by atoms with E-state index in [-0.39, 0.29) is 0 Å². The Hall–Kier alpha value is -1.05. The van der Waals surface area contributed by atoms with Crippen LogP contribution in [0.5, 0.6) is 0 Å². The van der Waals surface area contributed by atoms with Crippen LogP contribution in [0.1, 0.15) is 33.1 Å². The van der Waals surface area contributed by atoms with Gasteiger partial charge in [0.2, 0.25) is 0 Å². The van der Waals surface area contributed by atoms with Crippen molar-refractivity contribution in [3.05, 3.63) is 42.7 Å². The third kappa shape index (κ3) is 4.32. The van der Waals surface area contributed by atoms with E-state index < -0.39 is 7.60 Å². The van der Waals surface area contributed by atoms with Crippen molar-refractivity contribution < 1.29 is 13.6 Å². The lowest BCUT2D eigenvalue weighted by atomic mass is 10.2. The highest BCUT2D eigenvalue weighted by molar-refractivity contribution is 7.62. The fraction of sp³-hybridized carbons (Fsp3) is 0.429. The highest BCUT2D eigenvalue weighted by atomic mass is 31.2. The van der Waals surface area contributed by atoms with Gasteiger partial charge in [-0.2, -0.15) is 0 Å². The largest absolute Gasteiger partial charge is 0.426 e. The van der Waals surface area contributed by atoms with Crippen molar-refractivity contribution in [3.8, 4) is 0 Å². The van der Waals surface area contributed by atoms with Crippen LogP contribution in [0.2, 0.25) is 0 Å². The van der Waals surface area contributed by atoms with Crippen LogP contribution in [0.4, 0.5) is 0 Å². The predicted molar refractivity (Wildman–Crippen MR) is 75.1 cm³/mol. The van der Waals surface area contributed by atoms with Gasteiger partial charge in [0.25, 0.3) is 0 Å². The molecule has 0 saturated heterocycles. The number of benzene rings is 1. The van der Waals surface area contributed by atoms with E-state index in [1.165, 1.54) is 0 Å². The molecule has 0 aromatic heterocycles. The van der Waals surface area contributed by atoms with E-state index in [0.717, 1.165) is 12.8 Å². The zero-order valence-electron chi connectivity index (χ0n) is 11.1. The smallest absolute Gasteiger partial charge is 0.410 e.